The van der Waals surface area contributed by atoms with E-state index in [1.807, 2.05) is 26.2 Å². The van der Waals surface area contributed by atoms with Crippen molar-refractivity contribution in [3.63, 3.8) is 0 Å². The molecule has 3 heterocycles. The van der Waals surface area contributed by atoms with E-state index in [2.05, 4.69) is 34.5 Å². The first-order chi connectivity index (χ1) is 14.7. The molecule has 3 aliphatic rings. The van der Waals surface area contributed by atoms with Crippen LogP contribution in [0.25, 0.3) is 11.1 Å². The van der Waals surface area contributed by atoms with E-state index < -0.39 is 5.41 Å². The molecule has 6 nitrogen and oxygen atoms in total. The van der Waals surface area contributed by atoms with Crippen LogP contribution in [0.3, 0.4) is 0 Å². The molecule has 160 valence electrons. The molecule has 31 heavy (non-hydrogen) atoms. The van der Waals surface area contributed by atoms with E-state index in [-0.39, 0.29) is 23.2 Å². The molecule has 1 aromatic carbocycles. The van der Waals surface area contributed by atoms with E-state index in [0.29, 0.717) is 24.0 Å². The molecule has 2 atom stereocenters. The van der Waals surface area contributed by atoms with Gasteiger partial charge < -0.3 is 5.32 Å². The summed E-state index contributed by atoms with van der Waals surface area (Å²) in [5.41, 5.74) is 3.60. The van der Waals surface area contributed by atoms with Crippen LogP contribution < -0.4 is 5.32 Å². The Hall–Kier alpha value is -3.09. The van der Waals surface area contributed by atoms with Gasteiger partial charge in [-0.05, 0) is 36.0 Å². The fourth-order valence-corrected chi connectivity index (χ4v) is 5.46. The number of carbonyl (C=O) groups is 1. The second-order valence-electron chi connectivity index (χ2n) is 9.51. The maximum Gasteiger partial charge on any atom is 0.164 e. The van der Waals surface area contributed by atoms with Crippen molar-refractivity contribution < 1.29 is 9.18 Å². The zero-order chi connectivity index (χ0) is 22.0. The molecule has 0 fully saturated rings. The van der Waals surface area contributed by atoms with Crippen LogP contribution in [0.5, 0.6) is 0 Å². The molecule has 0 saturated heterocycles. The molecule has 2 aromatic rings. The Balaban J connectivity index is 1.78. The van der Waals surface area contributed by atoms with Gasteiger partial charge in [-0.25, -0.2) is 4.39 Å². The largest absolute Gasteiger partial charge is 0.362 e. The van der Waals surface area contributed by atoms with Gasteiger partial charge >= 0.3 is 0 Å². The lowest BCUT2D eigenvalue weighted by atomic mass is 9.58. The van der Waals surface area contributed by atoms with Crippen molar-refractivity contribution in [1.29, 1.82) is 0 Å². The van der Waals surface area contributed by atoms with Crippen LogP contribution in [0.15, 0.2) is 63.9 Å². The third-order valence-electron chi connectivity index (χ3n) is 6.77. The number of carbonyl (C=O) groups excluding carboxylic acids is 1. The molecule has 1 aliphatic carbocycles. The molecule has 0 bridgehead atoms. The Morgan fingerprint density at radius 3 is 2.77 bits per heavy atom. The summed E-state index contributed by atoms with van der Waals surface area (Å²) in [6.45, 7) is 6.19. The first-order valence-corrected chi connectivity index (χ1v) is 10.7. The quantitative estimate of drug-likeness (QED) is 0.777. The van der Waals surface area contributed by atoms with Crippen LogP contribution in [-0.4, -0.2) is 21.7 Å². The summed E-state index contributed by atoms with van der Waals surface area (Å²) in [5, 5.41) is 16.2. The van der Waals surface area contributed by atoms with Crippen molar-refractivity contribution in [2.45, 2.75) is 51.6 Å². The highest BCUT2D eigenvalue weighted by atomic mass is 19.1. The standard InChI is InChI=1S/C24H26FN5O/c1-5-24(16-8-14(6-7-18(16)25)15-11-27-30(4)13-15)17-12-26-29-22(17)28-19-9-23(2,3)10-20(31)21(19)24/h6-8,11-13,22,28H,5,9-10H2,1-4H3/t22?,24-/m0/s1. The summed E-state index contributed by atoms with van der Waals surface area (Å²) in [6.07, 6.45) is 6.69. The summed E-state index contributed by atoms with van der Waals surface area (Å²) < 4.78 is 17.3. The molecule has 2 aliphatic heterocycles. The minimum atomic E-state index is -0.898. The van der Waals surface area contributed by atoms with E-state index in [9.17, 15) is 4.79 Å². The molecular formula is C24H26FN5O. The third-order valence-corrected chi connectivity index (χ3v) is 6.77. The molecule has 7 heteroatoms. The summed E-state index contributed by atoms with van der Waals surface area (Å²) in [5.74, 6) is -0.259. The number of benzene rings is 1. The molecular weight excluding hydrogens is 393 g/mol. The number of nitrogens with zero attached hydrogens (tertiary/aromatic N) is 4. The molecule has 0 amide bonds. The first-order valence-electron chi connectivity index (χ1n) is 10.7. The van der Waals surface area contributed by atoms with Gasteiger partial charge in [0, 0.05) is 47.6 Å². The number of hydrogen-bond donors (Lipinski definition) is 1. The monoisotopic (exact) mass is 419 g/mol. The zero-order valence-electron chi connectivity index (χ0n) is 18.2. The maximum atomic E-state index is 15.5. The number of Topliss-reactive ketones (excluding diaryl/α,β-unsaturated/α-hetero) is 1. The van der Waals surface area contributed by atoms with Gasteiger partial charge in [-0.3, -0.25) is 9.48 Å². The number of azo groups is 1. The Labute approximate surface area is 180 Å². The summed E-state index contributed by atoms with van der Waals surface area (Å²) in [7, 11) is 1.85. The Morgan fingerprint density at radius 1 is 1.26 bits per heavy atom. The smallest absolute Gasteiger partial charge is 0.164 e. The van der Waals surface area contributed by atoms with Crippen molar-refractivity contribution in [2.75, 3.05) is 0 Å². The van der Waals surface area contributed by atoms with Crippen molar-refractivity contribution >= 4 is 5.78 Å². The van der Waals surface area contributed by atoms with Gasteiger partial charge in [0.2, 0.25) is 0 Å². The molecule has 1 N–H and O–H groups in total. The SMILES string of the molecule is CC[C@]1(c2cc(-c3cnn(C)c3)ccc2F)C2=CN=NC2NC2=C1C(=O)CC(C)(C)C2. The lowest BCUT2D eigenvalue weighted by molar-refractivity contribution is -0.119. The van der Waals surface area contributed by atoms with Crippen LogP contribution in [-0.2, 0) is 17.3 Å². The summed E-state index contributed by atoms with van der Waals surface area (Å²) >= 11 is 0. The van der Waals surface area contributed by atoms with Crippen LogP contribution in [0, 0.1) is 11.2 Å². The predicted molar refractivity (Wildman–Crippen MR) is 115 cm³/mol. The number of aryl methyl sites for hydroxylation is 1. The maximum absolute atomic E-state index is 15.5. The molecule has 0 radical (unpaired) electrons. The fraction of sp³-hybridized carbons (Fsp3) is 0.417. The number of aromatic nitrogens is 2. The van der Waals surface area contributed by atoms with Gasteiger partial charge in [-0.2, -0.15) is 15.3 Å². The first kappa shape index (κ1) is 19.8. The lowest BCUT2D eigenvalue weighted by Gasteiger charge is -2.47. The van der Waals surface area contributed by atoms with E-state index in [4.69, 9.17) is 0 Å². The van der Waals surface area contributed by atoms with Crippen LogP contribution in [0.2, 0.25) is 0 Å². The van der Waals surface area contributed by atoms with Crippen LogP contribution >= 0.6 is 0 Å². The molecule has 0 saturated carbocycles. The van der Waals surface area contributed by atoms with Crippen molar-refractivity contribution in [1.82, 2.24) is 15.1 Å². The van der Waals surface area contributed by atoms with Crippen molar-refractivity contribution in [3.8, 4) is 11.1 Å². The number of rotatable bonds is 3. The number of nitrogens with one attached hydrogen (secondary N) is 1. The van der Waals surface area contributed by atoms with E-state index in [0.717, 1.165) is 28.8 Å². The summed E-state index contributed by atoms with van der Waals surface area (Å²) in [6, 6.07) is 5.12. The topological polar surface area (TPSA) is 71.6 Å². The number of ketones is 1. The minimum Gasteiger partial charge on any atom is -0.362 e. The van der Waals surface area contributed by atoms with E-state index in [1.165, 1.54) is 6.07 Å². The molecule has 1 aromatic heterocycles. The Kier molecular flexibility index (Phi) is 4.29. The number of hydrogen-bond acceptors (Lipinski definition) is 5. The van der Waals surface area contributed by atoms with E-state index in [1.54, 1.807) is 23.1 Å². The van der Waals surface area contributed by atoms with Gasteiger partial charge in [0.1, 0.15) is 5.82 Å². The van der Waals surface area contributed by atoms with Gasteiger partial charge in [0.15, 0.2) is 11.9 Å². The van der Waals surface area contributed by atoms with Gasteiger partial charge in [0.25, 0.3) is 0 Å². The highest BCUT2D eigenvalue weighted by Crippen LogP contribution is 2.54. The average Bonchev–Trinajstić information content (AvgIpc) is 3.35. The average molecular weight is 420 g/mol. The summed E-state index contributed by atoms with van der Waals surface area (Å²) in [4.78, 5) is 13.5. The normalized spacial score (nSPS) is 26.4. The second-order valence-corrected chi connectivity index (χ2v) is 9.51. The van der Waals surface area contributed by atoms with E-state index >= 15 is 4.39 Å². The number of allylic oxidation sites excluding steroid dienone is 2. The van der Waals surface area contributed by atoms with Crippen LogP contribution in [0.4, 0.5) is 4.39 Å². The molecule has 1 unspecified atom stereocenters. The molecule has 0 spiro atoms. The second kappa shape index (κ2) is 6.70. The highest BCUT2D eigenvalue weighted by Gasteiger charge is 2.53. The van der Waals surface area contributed by atoms with Gasteiger partial charge in [-0.15, -0.1) is 0 Å². The van der Waals surface area contributed by atoms with Gasteiger partial charge in [-0.1, -0.05) is 26.8 Å². The lowest BCUT2D eigenvalue weighted by Crippen LogP contribution is -2.51. The predicted octanol–water partition coefficient (Wildman–Crippen LogP) is 4.80. The number of halogens is 1. The number of fused-ring (bicyclic) bond motifs is 1. The highest BCUT2D eigenvalue weighted by molar-refractivity contribution is 6.01. The van der Waals surface area contributed by atoms with Crippen LogP contribution in [0.1, 0.15) is 45.6 Å². The van der Waals surface area contributed by atoms with Crippen molar-refractivity contribution in [2.24, 2.45) is 22.7 Å². The van der Waals surface area contributed by atoms with Crippen molar-refractivity contribution in [3.05, 3.63) is 65.0 Å². The Morgan fingerprint density at radius 2 is 2.06 bits per heavy atom. The zero-order valence-corrected chi connectivity index (χ0v) is 18.2. The Bertz CT molecular complexity index is 1190. The third kappa shape index (κ3) is 2.90. The van der Waals surface area contributed by atoms with Gasteiger partial charge in [0.05, 0.1) is 17.8 Å². The fourth-order valence-electron chi connectivity index (χ4n) is 5.46. The molecule has 5 rings (SSSR count). The minimum absolute atomic E-state index is 0.0676.